The Balaban J connectivity index is 1.93. The molecule has 0 bridgehead atoms. The van der Waals surface area contributed by atoms with E-state index < -0.39 is 11.7 Å². The molecule has 32 heavy (non-hydrogen) atoms. The van der Waals surface area contributed by atoms with Crippen LogP contribution in [0.4, 0.5) is 4.79 Å². The molecule has 3 rings (SSSR count). The lowest BCUT2D eigenvalue weighted by atomic mass is 9.89. The van der Waals surface area contributed by atoms with E-state index in [-0.39, 0.29) is 29.9 Å². The molecule has 0 radical (unpaired) electrons. The summed E-state index contributed by atoms with van der Waals surface area (Å²) in [5.74, 6) is 0. The highest BCUT2D eigenvalue weighted by Crippen LogP contribution is 2.34. The number of nitrogens with one attached hydrogen (secondary N) is 2. The third-order valence-electron chi connectivity index (χ3n) is 5.47. The normalized spacial score (nSPS) is 18.6. The predicted octanol–water partition coefficient (Wildman–Crippen LogP) is 2.06. The number of carbonyl (C=O) groups is 1. The van der Waals surface area contributed by atoms with E-state index in [1.54, 1.807) is 39.6 Å². The molecule has 2 N–H and O–H groups in total. The van der Waals surface area contributed by atoms with Gasteiger partial charge in [-0.2, -0.15) is 0 Å². The minimum atomic E-state index is -0.606. The molecule has 0 unspecified atom stereocenters. The third kappa shape index (κ3) is 5.06. The maximum absolute atomic E-state index is 13.4. The first-order valence-corrected chi connectivity index (χ1v) is 11.4. The average Bonchev–Trinajstić information content (AvgIpc) is 2.98. The predicted molar refractivity (Wildman–Crippen MR) is 122 cm³/mol. The topological polar surface area (TPSA) is 113 Å². The number of ether oxygens (including phenoxy) is 3. The van der Waals surface area contributed by atoms with Gasteiger partial charge < -0.3 is 14.2 Å². The number of rotatable bonds is 8. The van der Waals surface area contributed by atoms with Crippen LogP contribution < -0.4 is 22.1 Å². The van der Waals surface area contributed by atoms with Crippen molar-refractivity contribution in [2.45, 2.75) is 71.4 Å². The Morgan fingerprint density at radius 1 is 1.22 bits per heavy atom. The highest BCUT2D eigenvalue weighted by molar-refractivity contribution is 7.18. The average molecular weight is 469 g/mol. The van der Waals surface area contributed by atoms with Crippen molar-refractivity contribution in [2.24, 2.45) is 0 Å². The van der Waals surface area contributed by atoms with E-state index in [1.807, 2.05) is 6.92 Å². The van der Waals surface area contributed by atoms with Crippen molar-refractivity contribution in [1.29, 1.82) is 0 Å². The zero-order valence-corrected chi connectivity index (χ0v) is 20.3. The number of hydrazine groups is 1. The first-order chi connectivity index (χ1) is 15.1. The van der Waals surface area contributed by atoms with Crippen LogP contribution in [-0.2, 0) is 27.3 Å². The van der Waals surface area contributed by atoms with E-state index in [1.165, 1.54) is 15.9 Å². The fourth-order valence-electron chi connectivity index (χ4n) is 3.72. The monoisotopic (exact) mass is 468 g/mol. The summed E-state index contributed by atoms with van der Waals surface area (Å²) >= 11 is 1.36. The van der Waals surface area contributed by atoms with Gasteiger partial charge in [-0.3, -0.25) is 19.4 Å². The Labute approximate surface area is 190 Å². The minimum absolute atomic E-state index is 0.0664. The van der Waals surface area contributed by atoms with Crippen molar-refractivity contribution in [3.05, 3.63) is 31.3 Å². The van der Waals surface area contributed by atoms with Crippen molar-refractivity contribution in [3.8, 4) is 0 Å². The van der Waals surface area contributed by atoms with Gasteiger partial charge in [0.05, 0.1) is 24.6 Å². The molecule has 1 aliphatic carbocycles. The van der Waals surface area contributed by atoms with Gasteiger partial charge in [0, 0.05) is 31.7 Å². The van der Waals surface area contributed by atoms with E-state index >= 15 is 0 Å². The number of aromatic nitrogens is 2. The summed E-state index contributed by atoms with van der Waals surface area (Å²) < 4.78 is 18.7. The van der Waals surface area contributed by atoms with Crippen molar-refractivity contribution in [2.75, 3.05) is 20.8 Å². The van der Waals surface area contributed by atoms with Gasteiger partial charge in [0.25, 0.3) is 5.56 Å². The summed E-state index contributed by atoms with van der Waals surface area (Å²) in [6, 6.07) is -0.173. The minimum Gasteiger partial charge on any atom is -0.443 e. The van der Waals surface area contributed by atoms with Crippen LogP contribution >= 0.6 is 11.3 Å². The molecule has 178 valence electrons. The number of thiophene rings is 1. The number of aryl methyl sites for hydroxylation is 1. The molecule has 0 atom stereocenters. The van der Waals surface area contributed by atoms with Crippen molar-refractivity contribution in [1.82, 2.24) is 20.0 Å². The summed E-state index contributed by atoms with van der Waals surface area (Å²) in [5.41, 5.74) is 4.92. The number of carbonyl (C=O) groups excluding carboxylic acids is 1. The molecule has 1 amide bonds. The number of methoxy groups -OCH3 is 2. The van der Waals surface area contributed by atoms with Gasteiger partial charge in [0.2, 0.25) is 0 Å². The fraction of sp³-hybridized carbons (Fsp3) is 0.667. The summed E-state index contributed by atoms with van der Waals surface area (Å²) in [5, 5.41) is 0.528. The molecule has 10 nitrogen and oxygen atoms in total. The Kier molecular flexibility index (Phi) is 7.43. The van der Waals surface area contributed by atoms with E-state index in [9.17, 15) is 14.4 Å². The van der Waals surface area contributed by atoms with Gasteiger partial charge in [-0.1, -0.05) is 0 Å². The standard InChI is InChI=1S/C21H32N4O6S/c1-12-15(11-22-23-19(27)31-21(2,3)4)32-18-16(12)17(26)25(13-9-14(10-13)30-6)20(28)24(18)7-8-29-5/h13-14,22H,7-11H2,1-6H3,(H,23,27)/t13-,14-. The van der Waals surface area contributed by atoms with Crippen LogP contribution in [0.25, 0.3) is 10.2 Å². The molecule has 11 heteroatoms. The van der Waals surface area contributed by atoms with Crippen LogP contribution in [0, 0.1) is 6.92 Å². The van der Waals surface area contributed by atoms with E-state index in [4.69, 9.17) is 14.2 Å². The summed E-state index contributed by atoms with van der Waals surface area (Å²) in [4.78, 5) is 39.9. The lowest BCUT2D eigenvalue weighted by Crippen LogP contribution is -2.47. The molecule has 1 aliphatic rings. The van der Waals surface area contributed by atoms with E-state index in [2.05, 4.69) is 10.9 Å². The van der Waals surface area contributed by atoms with Gasteiger partial charge >= 0.3 is 11.8 Å². The zero-order valence-electron chi connectivity index (χ0n) is 19.4. The maximum atomic E-state index is 13.4. The van der Waals surface area contributed by atoms with Gasteiger partial charge in [-0.15, -0.1) is 11.3 Å². The van der Waals surface area contributed by atoms with Gasteiger partial charge in [0.1, 0.15) is 10.4 Å². The first-order valence-electron chi connectivity index (χ1n) is 10.6. The maximum Gasteiger partial charge on any atom is 0.422 e. The van der Waals surface area contributed by atoms with Crippen LogP contribution in [0.2, 0.25) is 0 Å². The number of hydrogen-bond acceptors (Lipinski definition) is 8. The van der Waals surface area contributed by atoms with Crippen LogP contribution in [0.15, 0.2) is 9.59 Å². The molecule has 0 aliphatic heterocycles. The number of fused-ring (bicyclic) bond motifs is 1. The summed E-state index contributed by atoms with van der Waals surface area (Å²) in [7, 11) is 3.21. The highest BCUT2D eigenvalue weighted by atomic mass is 32.1. The lowest BCUT2D eigenvalue weighted by Gasteiger charge is -2.35. The Bertz CT molecular complexity index is 1090. The van der Waals surface area contributed by atoms with E-state index in [0.717, 1.165) is 10.4 Å². The summed E-state index contributed by atoms with van der Waals surface area (Å²) in [6.07, 6.45) is 0.752. The first kappa shape index (κ1) is 24.4. The molecule has 2 aromatic heterocycles. The quantitative estimate of drug-likeness (QED) is 0.570. The van der Waals surface area contributed by atoms with E-state index in [0.29, 0.717) is 36.2 Å². The van der Waals surface area contributed by atoms with Crippen LogP contribution in [-0.4, -0.2) is 47.8 Å². The van der Waals surface area contributed by atoms with Gasteiger partial charge in [-0.05, 0) is 46.1 Å². The molecule has 2 aromatic rings. The molecule has 0 aromatic carbocycles. The highest BCUT2D eigenvalue weighted by Gasteiger charge is 2.34. The second-order valence-electron chi connectivity index (χ2n) is 8.90. The second-order valence-corrected chi connectivity index (χ2v) is 9.98. The molecule has 0 saturated heterocycles. The largest absolute Gasteiger partial charge is 0.443 e. The molecule has 1 fully saturated rings. The fourth-order valence-corrected chi connectivity index (χ4v) is 4.98. The molecule has 1 saturated carbocycles. The zero-order chi connectivity index (χ0) is 23.6. The van der Waals surface area contributed by atoms with Gasteiger partial charge in [-0.25, -0.2) is 15.0 Å². The Morgan fingerprint density at radius 3 is 2.50 bits per heavy atom. The molecule has 2 heterocycles. The molecule has 0 spiro atoms. The van der Waals surface area contributed by atoms with Gasteiger partial charge in [0.15, 0.2) is 0 Å². The molecular formula is C21H32N4O6S. The molecular weight excluding hydrogens is 436 g/mol. The van der Waals surface area contributed by atoms with Crippen molar-refractivity contribution < 1.29 is 19.0 Å². The SMILES string of the molecule is COCCn1c(=O)n([C@H]2C[C@H](OC)C2)c(=O)c2c(C)c(CNNC(=O)OC(C)(C)C)sc21. The second kappa shape index (κ2) is 9.74. The number of nitrogens with zero attached hydrogens (tertiary/aromatic N) is 2. The Hall–Kier alpha value is -2.21. The summed E-state index contributed by atoms with van der Waals surface area (Å²) in [6.45, 7) is 8.19. The smallest absolute Gasteiger partial charge is 0.422 e. The number of amides is 1. The van der Waals surface area contributed by atoms with Crippen molar-refractivity contribution >= 4 is 27.6 Å². The Morgan fingerprint density at radius 2 is 1.91 bits per heavy atom. The lowest BCUT2D eigenvalue weighted by molar-refractivity contribution is 0.00357. The number of hydrogen-bond donors (Lipinski definition) is 2. The van der Waals surface area contributed by atoms with Crippen LogP contribution in [0.1, 0.15) is 50.1 Å². The van der Waals surface area contributed by atoms with Crippen LogP contribution in [0.3, 0.4) is 0 Å². The third-order valence-corrected chi connectivity index (χ3v) is 6.78. The van der Waals surface area contributed by atoms with Crippen molar-refractivity contribution in [3.63, 3.8) is 0 Å². The van der Waals surface area contributed by atoms with Crippen LogP contribution in [0.5, 0.6) is 0 Å².